The summed E-state index contributed by atoms with van der Waals surface area (Å²) in [5.74, 6) is -2.58. The third-order valence-corrected chi connectivity index (χ3v) is 12.7. The minimum absolute atomic E-state index is 0.0297. The van der Waals surface area contributed by atoms with Crippen LogP contribution in [0.5, 0.6) is 6.01 Å². The quantitative estimate of drug-likeness (QED) is 0.202. The number of hydrogen-bond acceptors (Lipinski definition) is 7. The second kappa shape index (κ2) is 11.5. The summed E-state index contributed by atoms with van der Waals surface area (Å²) in [4.78, 5) is 19.5. The molecule has 0 unspecified atom stereocenters. The maximum atomic E-state index is 17.1. The van der Waals surface area contributed by atoms with E-state index in [9.17, 15) is 13.2 Å². The summed E-state index contributed by atoms with van der Waals surface area (Å²) >= 11 is 0. The Morgan fingerprint density at radius 1 is 0.980 bits per heavy atom. The van der Waals surface area contributed by atoms with Gasteiger partial charge in [-0.3, -0.25) is 0 Å². The molecule has 3 atom stereocenters. The fourth-order valence-electron chi connectivity index (χ4n) is 9.44. The molecule has 1 N–H and O–H groups in total. The molecule has 4 fully saturated rings. The number of rotatable bonds is 7. The number of piperidine rings is 1. The minimum atomic E-state index is -2.50. The number of anilines is 1. The molecule has 7 nitrogen and oxygen atoms in total. The van der Waals surface area contributed by atoms with Crippen molar-refractivity contribution >= 4 is 27.5 Å². The highest BCUT2D eigenvalue weighted by molar-refractivity contribution is 6.01. The summed E-state index contributed by atoms with van der Waals surface area (Å²) in [6.07, 6.45) is 4.61. The van der Waals surface area contributed by atoms with E-state index in [1.807, 2.05) is 18.2 Å². The smallest absolute Gasteiger partial charge is 0.319 e. The number of ether oxygens (including phenoxy) is 1. The number of likely N-dealkylation sites (tertiary alicyclic amines) is 1. The molecule has 5 heterocycles. The van der Waals surface area contributed by atoms with Crippen molar-refractivity contribution in [3.8, 4) is 17.3 Å². The lowest BCUT2D eigenvalue weighted by atomic mass is 9.87. The van der Waals surface area contributed by atoms with Gasteiger partial charge in [-0.2, -0.15) is 9.97 Å². The topological polar surface area (TPSA) is 66.4 Å². The Labute approximate surface area is 289 Å². The van der Waals surface area contributed by atoms with Crippen LogP contribution in [-0.2, 0) is 6.42 Å². The molecule has 2 saturated heterocycles. The van der Waals surface area contributed by atoms with Crippen LogP contribution in [0.4, 0.5) is 23.4 Å². The van der Waals surface area contributed by atoms with Crippen LogP contribution in [0.25, 0.3) is 32.9 Å². The Balaban J connectivity index is 1.11. The number of pyridine rings is 1. The normalized spacial score (nSPS) is 26.2. The number of alkyl halides is 2. The monoisotopic (exact) mass is 688 g/mol. The average molecular weight is 689 g/mol. The molecule has 0 bridgehead atoms. The van der Waals surface area contributed by atoms with E-state index in [4.69, 9.17) is 19.7 Å². The van der Waals surface area contributed by atoms with Crippen LogP contribution < -0.4 is 15.0 Å². The van der Waals surface area contributed by atoms with E-state index in [2.05, 4.69) is 29.0 Å². The summed E-state index contributed by atoms with van der Waals surface area (Å²) in [6, 6.07) is 9.20. The van der Waals surface area contributed by atoms with E-state index in [1.165, 1.54) is 6.07 Å². The van der Waals surface area contributed by atoms with Crippen LogP contribution in [0.15, 0.2) is 30.3 Å². The number of aryl methyl sites for hydroxylation is 1. The molecule has 0 radical (unpaired) electrons. The Morgan fingerprint density at radius 3 is 2.48 bits per heavy atom. The first-order chi connectivity index (χ1) is 24.0. The Morgan fingerprint density at radius 2 is 1.76 bits per heavy atom. The summed E-state index contributed by atoms with van der Waals surface area (Å²) in [6.45, 7) is 10.1. The van der Waals surface area contributed by atoms with Gasteiger partial charge in [-0.25, -0.2) is 22.5 Å². The van der Waals surface area contributed by atoms with Gasteiger partial charge in [0.05, 0.1) is 17.7 Å². The first-order valence-corrected chi connectivity index (χ1v) is 18.3. The lowest BCUT2D eigenvalue weighted by molar-refractivity contribution is 0.0252. The van der Waals surface area contributed by atoms with E-state index in [1.54, 1.807) is 13.0 Å². The lowest BCUT2D eigenvalue weighted by Gasteiger charge is -2.44. The highest BCUT2D eigenvalue weighted by atomic mass is 19.3. The number of fused-ring (bicyclic) bond motifs is 3. The predicted octanol–water partition coefficient (Wildman–Crippen LogP) is 7.46. The van der Waals surface area contributed by atoms with Crippen molar-refractivity contribution in [3.05, 3.63) is 53.2 Å². The van der Waals surface area contributed by atoms with Gasteiger partial charge in [-0.1, -0.05) is 38.1 Å². The van der Waals surface area contributed by atoms with Gasteiger partial charge in [-0.15, -0.1) is 0 Å². The van der Waals surface area contributed by atoms with Gasteiger partial charge in [0.2, 0.25) is 0 Å². The van der Waals surface area contributed by atoms with Crippen LogP contribution in [0.3, 0.4) is 0 Å². The van der Waals surface area contributed by atoms with Gasteiger partial charge in [0, 0.05) is 54.5 Å². The fraction of sp³-hybridized carbons (Fsp3) is 0.564. The van der Waals surface area contributed by atoms with Gasteiger partial charge in [0.25, 0.3) is 5.92 Å². The van der Waals surface area contributed by atoms with E-state index >= 15 is 4.39 Å². The lowest BCUT2D eigenvalue weighted by Crippen LogP contribution is -2.60. The van der Waals surface area contributed by atoms with Crippen LogP contribution in [0, 0.1) is 35.3 Å². The SMILES string of the molecule is CC[C@@H]1NCCN2c3nc(OCC4(CN5CCC6(CC5)CC6(F)F)CC4)nc4c(F)c(-c5cccc6ccc(F)c(C)c56)nc(c34)C[C@H](C)[C@@H]12. The summed E-state index contributed by atoms with van der Waals surface area (Å²) < 4.78 is 66.5. The molecular weight excluding hydrogens is 644 g/mol. The third kappa shape index (κ3) is 5.08. The van der Waals surface area contributed by atoms with Gasteiger partial charge in [-0.05, 0) is 86.9 Å². The summed E-state index contributed by atoms with van der Waals surface area (Å²) in [5, 5.41) is 5.76. The van der Waals surface area contributed by atoms with Gasteiger partial charge in [0.15, 0.2) is 5.82 Å². The van der Waals surface area contributed by atoms with Crippen LogP contribution in [0.2, 0.25) is 0 Å². The molecule has 50 heavy (non-hydrogen) atoms. The molecule has 4 aromatic rings. The van der Waals surface area contributed by atoms with E-state index in [0.29, 0.717) is 73.2 Å². The predicted molar refractivity (Wildman–Crippen MR) is 186 cm³/mol. The zero-order chi connectivity index (χ0) is 34.6. The second-order valence-electron chi connectivity index (χ2n) is 15.9. The van der Waals surface area contributed by atoms with Crippen molar-refractivity contribution in [3.63, 3.8) is 0 Å². The molecule has 2 aromatic carbocycles. The zero-order valence-electron chi connectivity index (χ0n) is 29.0. The van der Waals surface area contributed by atoms with E-state index in [-0.39, 0.29) is 52.9 Å². The van der Waals surface area contributed by atoms with Gasteiger partial charge >= 0.3 is 6.01 Å². The van der Waals surface area contributed by atoms with Crippen LogP contribution in [-0.4, -0.2) is 77.2 Å². The molecule has 3 aliphatic heterocycles. The highest BCUT2D eigenvalue weighted by Gasteiger charge is 2.70. The molecule has 1 spiro atoms. The van der Waals surface area contributed by atoms with Crippen LogP contribution in [0.1, 0.15) is 63.6 Å². The molecule has 264 valence electrons. The van der Waals surface area contributed by atoms with Crippen molar-refractivity contribution in [2.75, 3.05) is 44.2 Å². The molecule has 11 heteroatoms. The summed E-state index contributed by atoms with van der Waals surface area (Å²) in [7, 11) is 0. The van der Waals surface area contributed by atoms with Gasteiger partial charge < -0.3 is 19.9 Å². The van der Waals surface area contributed by atoms with Crippen molar-refractivity contribution in [1.29, 1.82) is 0 Å². The standard InChI is InChI=1S/C39H44F4N6O/c1-4-27-34-22(2)18-28-30-33(31(41)32(45-28)25-7-5-6-24-8-9-26(40)23(3)29(24)25)46-36(47-35(30)49(34)17-14-44-27)50-21-37(10-11-37)20-48-15-12-38(13-16-48)19-39(38,42)43/h5-9,22,27,34,44H,4,10-21H2,1-3H3/t22-,27-,34-/m0/s1. The molecular formula is C39H44F4N6O. The molecule has 0 amide bonds. The van der Waals surface area contributed by atoms with Crippen molar-refractivity contribution in [2.24, 2.45) is 16.7 Å². The number of benzene rings is 2. The highest BCUT2D eigenvalue weighted by Crippen LogP contribution is 2.66. The Kier molecular flexibility index (Phi) is 7.42. The van der Waals surface area contributed by atoms with E-state index in [0.717, 1.165) is 43.4 Å². The number of hydrogen-bond donors (Lipinski definition) is 1. The zero-order valence-corrected chi connectivity index (χ0v) is 29.0. The second-order valence-corrected chi connectivity index (χ2v) is 15.9. The maximum absolute atomic E-state index is 17.1. The Bertz CT molecular complexity index is 2010. The first-order valence-electron chi connectivity index (χ1n) is 18.3. The van der Waals surface area contributed by atoms with Crippen molar-refractivity contribution < 1.29 is 22.3 Å². The Hall–Kier alpha value is -3.57. The average Bonchev–Trinajstić information content (AvgIpc) is 4.01. The minimum Gasteiger partial charge on any atom is -0.463 e. The summed E-state index contributed by atoms with van der Waals surface area (Å²) in [5.41, 5.74) is 1.17. The number of nitrogens with zero attached hydrogens (tertiary/aromatic N) is 5. The number of piperazine rings is 1. The van der Waals surface area contributed by atoms with E-state index < -0.39 is 17.2 Å². The fourth-order valence-corrected chi connectivity index (χ4v) is 9.44. The van der Waals surface area contributed by atoms with Crippen molar-refractivity contribution in [2.45, 2.75) is 83.7 Å². The largest absolute Gasteiger partial charge is 0.463 e. The molecule has 2 saturated carbocycles. The molecule has 5 aliphatic rings. The molecule has 9 rings (SSSR count). The number of aromatic nitrogens is 3. The van der Waals surface area contributed by atoms with Crippen molar-refractivity contribution in [1.82, 2.24) is 25.2 Å². The molecule has 2 aromatic heterocycles. The number of nitrogens with one attached hydrogen (secondary N) is 1. The maximum Gasteiger partial charge on any atom is 0.319 e. The van der Waals surface area contributed by atoms with Gasteiger partial charge in [0.1, 0.15) is 22.8 Å². The van der Waals surface area contributed by atoms with Crippen LogP contribution >= 0.6 is 0 Å². The first kappa shape index (κ1) is 32.3. The number of halogens is 4. The molecule has 2 aliphatic carbocycles. The third-order valence-electron chi connectivity index (χ3n) is 12.7.